The smallest absolute Gasteiger partial charge is 0.331 e. The zero-order chi connectivity index (χ0) is 38.0. The van der Waals surface area contributed by atoms with Gasteiger partial charge in [0.15, 0.2) is 12.2 Å². The van der Waals surface area contributed by atoms with E-state index in [-0.39, 0.29) is 35.6 Å². The summed E-state index contributed by atoms with van der Waals surface area (Å²) < 4.78 is 37.8. The number of carboxylic acids is 2. The highest BCUT2D eigenvalue weighted by molar-refractivity contribution is 8.21. The van der Waals surface area contributed by atoms with Crippen molar-refractivity contribution in [3.63, 3.8) is 0 Å². The van der Waals surface area contributed by atoms with Crippen LogP contribution in [0.3, 0.4) is 0 Å². The second kappa shape index (κ2) is 21.9. The zero-order valence-electron chi connectivity index (χ0n) is 27.7. The summed E-state index contributed by atoms with van der Waals surface area (Å²) >= 11 is 5.85. The number of carbonyl (C=O) groups excluding carboxylic acids is 4. The molecular formula is C34H34O15S4. The maximum absolute atomic E-state index is 12.3. The van der Waals surface area contributed by atoms with E-state index >= 15 is 0 Å². The summed E-state index contributed by atoms with van der Waals surface area (Å²) in [5.74, 6) is -0.446. The van der Waals surface area contributed by atoms with E-state index in [0.29, 0.717) is 35.2 Å². The number of rotatable bonds is 20. The zero-order valence-corrected chi connectivity index (χ0v) is 31.0. The number of hydrogen-bond donors (Lipinski definition) is 2. The van der Waals surface area contributed by atoms with Crippen molar-refractivity contribution in [3.8, 4) is 23.0 Å². The van der Waals surface area contributed by atoms with Crippen LogP contribution in [0.2, 0.25) is 0 Å². The second-order valence-corrected chi connectivity index (χ2v) is 16.0. The van der Waals surface area contributed by atoms with Crippen molar-refractivity contribution in [1.82, 2.24) is 0 Å². The Morgan fingerprint density at radius 2 is 0.887 bits per heavy atom. The summed E-state index contributed by atoms with van der Waals surface area (Å²) in [6.07, 6.45) is 0.738. The Bertz CT molecular complexity index is 1500. The van der Waals surface area contributed by atoms with Crippen LogP contribution in [0.1, 0.15) is 0 Å². The number of thioether (sulfide) groups is 4. The highest BCUT2D eigenvalue weighted by atomic mass is 32.2. The van der Waals surface area contributed by atoms with Gasteiger partial charge in [0.1, 0.15) is 58.6 Å². The topological polar surface area (TPSA) is 207 Å². The van der Waals surface area contributed by atoms with Gasteiger partial charge < -0.3 is 43.4 Å². The molecule has 2 fully saturated rings. The molecule has 0 radical (unpaired) electrons. The molecule has 53 heavy (non-hydrogen) atoms. The summed E-state index contributed by atoms with van der Waals surface area (Å²) in [6, 6.07) is 13.0. The Morgan fingerprint density at radius 1 is 0.547 bits per heavy atom. The Kier molecular flexibility index (Phi) is 17.1. The van der Waals surface area contributed by atoms with E-state index in [9.17, 15) is 28.8 Å². The molecule has 0 spiro atoms. The average molecular weight is 811 g/mol. The molecule has 15 nitrogen and oxygen atoms in total. The quantitative estimate of drug-likeness (QED) is 0.110. The minimum absolute atomic E-state index is 0.188. The number of ether oxygens (including phenoxy) is 7. The molecule has 2 aliphatic rings. The highest BCUT2D eigenvalue weighted by Crippen LogP contribution is 2.33. The van der Waals surface area contributed by atoms with Gasteiger partial charge >= 0.3 is 35.8 Å². The molecule has 2 saturated heterocycles. The van der Waals surface area contributed by atoms with Crippen molar-refractivity contribution in [2.75, 3.05) is 49.4 Å². The number of carbonyl (C=O) groups is 6. The fourth-order valence-electron chi connectivity index (χ4n) is 4.12. The molecule has 2 aromatic carbocycles. The number of hydrogen-bond acceptors (Lipinski definition) is 17. The van der Waals surface area contributed by atoms with Crippen molar-refractivity contribution in [2.24, 2.45) is 0 Å². The molecule has 2 heterocycles. The average Bonchev–Trinajstić information content (AvgIpc) is 3.89. The van der Waals surface area contributed by atoms with Gasteiger partial charge in [0.05, 0.1) is 0 Å². The molecule has 2 atom stereocenters. The van der Waals surface area contributed by atoms with Crippen LogP contribution in [0.15, 0.2) is 72.8 Å². The number of aliphatic carboxylic acids is 2. The second-order valence-electron chi connectivity index (χ2n) is 10.5. The predicted molar refractivity (Wildman–Crippen MR) is 197 cm³/mol. The van der Waals surface area contributed by atoms with Crippen LogP contribution in [0.4, 0.5) is 0 Å². The van der Waals surface area contributed by atoms with Gasteiger partial charge in [0.2, 0.25) is 0 Å². The lowest BCUT2D eigenvalue weighted by molar-refractivity contribution is -0.156. The molecule has 19 heteroatoms. The molecule has 2 aromatic rings. The van der Waals surface area contributed by atoms with E-state index in [4.69, 9.17) is 43.4 Å². The fourth-order valence-corrected chi connectivity index (χ4v) is 9.25. The number of esters is 4. The van der Waals surface area contributed by atoms with E-state index in [1.807, 2.05) is 0 Å². The van der Waals surface area contributed by atoms with E-state index in [1.165, 1.54) is 47.0 Å². The molecule has 284 valence electrons. The molecule has 0 aliphatic carbocycles. The minimum Gasteiger partial charge on any atom is -0.490 e. The van der Waals surface area contributed by atoms with Crippen molar-refractivity contribution in [1.29, 1.82) is 0 Å². The third-order valence-electron chi connectivity index (χ3n) is 6.50. The summed E-state index contributed by atoms with van der Waals surface area (Å²) in [4.78, 5) is 70.4. The minimum atomic E-state index is -1.32. The van der Waals surface area contributed by atoms with Gasteiger partial charge in [-0.05, 0) is 48.5 Å². The van der Waals surface area contributed by atoms with Gasteiger partial charge in [-0.3, -0.25) is 0 Å². The SMILES string of the molecule is O=C(O)/C=C\C(=O)OC(COC(=O)C1SCCS1)COc1ccc(Oc2ccc(OCC(COC(=O)C3SCCS3)OC(=O)/C=C\C(=O)O)cc2)cc1. The number of carboxylic acid groups (broad SMARTS) is 2. The number of benzene rings is 2. The van der Waals surface area contributed by atoms with Crippen molar-refractivity contribution >= 4 is 82.9 Å². The van der Waals surface area contributed by atoms with Crippen LogP contribution >= 0.6 is 47.0 Å². The highest BCUT2D eigenvalue weighted by Gasteiger charge is 2.28. The maximum atomic E-state index is 12.3. The third-order valence-corrected chi connectivity index (χ3v) is 12.4. The normalized spacial score (nSPS) is 15.8. The summed E-state index contributed by atoms with van der Waals surface area (Å²) in [6.45, 7) is -0.946. The molecule has 2 unspecified atom stereocenters. The molecule has 0 aromatic heterocycles. The first-order valence-corrected chi connectivity index (χ1v) is 19.9. The lowest BCUT2D eigenvalue weighted by atomic mass is 10.3. The maximum Gasteiger partial charge on any atom is 0.331 e. The Morgan fingerprint density at radius 3 is 1.23 bits per heavy atom. The standard InChI is InChI=1S/C34H34O15S4/c35-27(36)9-11-29(39)48-25(19-45-31(41)33-50-13-14-51-33)17-43-21-1-5-23(6-2-21)47-24-7-3-22(4-8-24)44-18-26(49-30(40)12-10-28(37)38)20-46-32(42)34-52-15-16-53-34/h1-12,25-26,33-34H,13-20H2,(H,35,36)(H,37,38)/b11-9-,12-10-. The predicted octanol–water partition coefficient (Wildman–Crippen LogP) is 4.04. The van der Waals surface area contributed by atoms with Crippen molar-refractivity contribution in [3.05, 3.63) is 72.8 Å². The lowest BCUT2D eigenvalue weighted by Crippen LogP contribution is -2.31. The van der Waals surface area contributed by atoms with Crippen LogP contribution in [0, 0.1) is 0 Å². The summed E-state index contributed by atoms with van der Waals surface area (Å²) in [5.41, 5.74) is 0. The molecule has 4 rings (SSSR count). The van der Waals surface area contributed by atoms with Gasteiger partial charge in [-0.1, -0.05) is 0 Å². The van der Waals surface area contributed by atoms with Gasteiger partial charge in [0.25, 0.3) is 0 Å². The van der Waals surface area contributed by atoms with Crippen molar-refractivity contribution in [2.45, 2.75) is 21.4 Å². The summed E-state index contributed by atoms with van der Waals surface area (Å²) in [5, 5.41) is 17.5. The molecule has 0 amide bonds. The monoisotopic (exact) mass is 810 g/mol. The lowest BCUT2D eigenvalue weighted by Gasteiger charge is -2.19. The van der Waals surface area contributed by atoms with E-state index < -0.39 is 48.0 Å². The summed E-state index contributed by atoms with van der Waals surface area (Å²) in [7, 11) is 0. The first-order chi connectivity index (χ1) is 25.5. The van der Waals surface area contributed by atoms with Crippen molar-refractivity contribution < 1.29 is 72.1 Å². The van der Waals surface area contributed by atoms with Crippen LogP contribution in [0.5, 0.6) is 23.0 Å². The first kappa shape index (κ1) is 41.3. The van der Waals surface area contributed by atoms with E-state index in [2.05, 4.69) is 0 Å². The first-order valence-electron chi connectivity index (χ1n) is 15.7. The van der Waals surface area contributed by atoms with E-state index in [1.54, 1.807) is 48.5 Å². The van der Waals surface area contributed by atoms with Crippen LogP contribution < -0.4 is 14.2 Å². The molecular weight excluding hydrogens is 777 g/mol. The van der Waals surface area contributed by atoms with E-state index in [0.717, 1.165) is 35.2 Å². The third kappa shape index (κ3) is 15.6. The molecule has 2 N–H and O–H groups in total. The largest absolute Gasteiger partial charge is 0.490 e. The van der Waals surface area contributed by atoms with Gasteiger partial charge in [-0.2, -0.15) is 0 Å². The van der Waals surface area contributed by atoms with Gasteiger partial charge in [-0.15, -0.1) is 47.0 Å². The van der Waals surface area contributed by atoms with Gasteiger partial charge in [-0.25, -0.2) is 28.8 Å². The van der Waals surface area contributed by atoms with Gasteiger partial charge in [0, 0.05) is 47.3 Å². The fraction of sp³-hybridized carbons (Fsp3) is 0.353. The molecule has 0 bridgehead atoms. The molecule has 0 saturated carbocycles. The van der Waals surface area contributed by atoms with Crippen LogP contribution in [0.25, 0.3) is 0 Å². The Hall–Kier alpha value is -4.46. The Labute approximate surface area is 320 Å². The van der Waals surface area contributed by atoms with Crippen LogP contribution in [-0.4, -0.2) is 117 Å². The Balaban J connectivity index is 1.27. The molecule has 2 aliphatic heterocycles. The van der Waals surface area contributed by atoms with Crippen LogP contribution in [-0.2, 0) is 47.7 Å².